The third-order valence-corrected chi connectivity index (χ3v) is 2.80. The molecule has 0 aromatic carbocycles. The van der Waals surface area contributed by atoms with Crippen LogP contribution in [0.1, 0.15) is 19.8 Å². The molecular formula is C9H17NY-2. The molecule has 2 heteroatoms. The first-order valence-corrected chi connectivity index (χ1v) is 3.99. The zero-order valence-corrected chi connectivity index (χ0v) is 10.4. The second-order valence-corrected chi connectivity index (χ2v) is 3.69. The summed E-state index contributed by atoms with van der Waals surface area (Å²) in [6, 6.07) is 0. The van der Waals surface area contributed by atoms with E-state index in [1.54, 1.807) is 0 Å². The van der Waals surface area contributed by atoms with Gasteiger partial charge in [-0.1, -0.05) is 18.8 Å². The van der Waals surface area contributed by atoms with E-state index in [1.807, 2.05) is 0 Å². The van der Waals surface area contributed by atoms with Crippen molar-refractivity contribution in [3.63, 3.8) is 0 Å². The summed E-state index contributed by atoms with van der Waals surface area (Å²) in [5.41, 5.74) is 0. The van der Waals surface area contributed by atoms with Crippen molar-refractivity contribution in [1.29, 1.82) is 0 Å². The molecule has 3 atom stereocenters. The van der Waals surface area contributed by atoms with E-state index in [2.05, 4.69) is 12.2 Å². The largest absolute Gasteiger partial charge is 0.662 e. The van der Waals surface area contributed by atoms with E-state index in [1.165, 1.54) is 25.9 Å². The van der Waals surface area contributed by atoms with Crippen molar-refractivity contribution in [1.82, 2.24) is 0 Å². The Morgan fingerprint density at radius 3 is 2.00 bits per heavy atom. The summed E-state index contributed by atoms with van der Waals surface area (Å²) in [5, 5.41) is 4.40. The molecule has 0 aromatic heterocycles. The van der Waals surface area contributed by atoms with E-state index in [4.69, 9.17) is 0 Å². The molecule has 1 heterocycles. The number of hydrogen-bond acceptors (Lipinski definition) is 0. The summed E-state index contributed by atoms with van der Waals surface area (Å²) in [5.74, 6) is 2.97. The van der Waals surface area contributed by atoms with Crippen molar-refractivity contribution >= 4 is 0 Å². The van der Waals surface area contributed by atoms with Crippen LogP contribution < -0.4 is 0 Å². The Hall–Kier alpha value is 1.06. The fraction of sp³-hybridized carbons (Fsp3) is 0.889. The van der Waals surface area contributed by atoms with Gasteiger partial charge in [-0.05, 0) is 18.8 Å². The van der Waals surface area contributed by atoms with Crippen molar-refractivity contribution in [3.8, 4) is 0 Å². The van der Waals surface area contributed by atoms with Crippen molar-refractivity contribution in [3.05, 3.63) is 12.7 Å². The van der Waals surface area contributed by atoms with Gasteiger partial charge in [-0.25, -0.2) is 0 Å². The van der Waals surface area contributed by atoms with Crippen molar-refractivity contribution < 1.29 is 32.7 Å². The van der Waals surface area contributed by atoms with Gasteiger partial charge in [-0.2, -0.15) is 0 Å². The Kier molecular flexibility index (Phi) is 5.42. The Bertz CT molecular complexity index is 104. The van der Waals surface area contributed by atoms with Crippen LogP contribution in [0, 0.1) is 25.2 Å². The molecule has 0 aromatic rings. The minimum atomic E-state index is 0. The van der Waals surface area contributed by atoms with Crippen molar-refractivity contribution in [2.24, 2.45) is 17.8 Å². The van der Waals surface area contributed by atoms with Gasteiger partial charge in [-0.3, -0.25) is 0 Å². The molecule has 1 radical (unpaired) electrons. The van der Waals surface area contributed by atoms with Gasteiger partial charge in [-0.15, -0.1) is 13.1 Å². The Balaban J connectivity index is 0.000000500. The maximum Gasteiger partial charge on any atom is 0 e. The van der Waals surface area contributed by atoms with Crippen molar-refractivity contribution in [2.45, 2.75) is 19.8 Å². The number of nitrogens with zero attached hydrogens (tertiary/aromatic N) is 1. The molecule has 1 saturated heterocycles. The summed E-state index contributed by atoms with van der Waals surface area (Å²) >= 11 is 0. The first-order valence-electron chi connectivity index (χ1n) is 3.99. The summed E-state index contributed by atoms with van der Waals surface area (Å²) in [6.45, 7) is 4.72. The van der Waals surface area contributed by atoms with Crippen molar-refractivity contribution in [2.75, 3.05) is 13.1 Å². The molecule has 0 bridgehead atoms. The van der Waals surface area contributed by atoms with Crippen LogP contribution in [0.5, 0.6) is 0 Å². The van der Waals surface area contributed by atoms with Gasteiger partial charge in [0.25, 0.3) is 0 Å². The summed E-state index contributed by atoms with van der Waals surface area (Å²) < 4.78 is 0. The van der Waals surface area contributed by atoms with Crippen LogP contribution >= 0.6 is 0 Å². The fourth-order valence-corrected chi connectivity index (χ4v) is 2.37. The first kappa shape index (κ1) is 12.1. The molecule has 1 unspecified atom stereocenters. The van der Waals surface area contributed by atoms with Gasteiger partial charge in [0.1, 0.15) is 0 Å². The Morgan fingerprint density at radius 1 is 1.09 bits per heavy atom. The van der Waals surface area contributed by atoms with Crippen LogP contribution in [0.2, 0.25) is 0 Å². The van der Waals surface area contributed by atoms with Crippen LogP contribution in [0.4, 0.5) is 0 Å². The third kappa shape index (κ3) is 2.50. The van der Waals surface area contributed by atoms with Gasteiger partial charge in [0, 0.05) is 32.7 Å². The molecule has 0 N–H and O–H groups in total. The smallest absolute Gasteiger partial charge is 0 e. The maximum atomic E-state index is 4.40. The summed E-state index contributed by atoms with van der Waals surface area (Å²) in [4.78, 5) is 0. The summed E-state index contributed by atoms with van der Waals surface area (Å²) in [7, 11) is 0. The average molecular weight is 228 g/mol. The van der Waals surface area contributed by atoms with Gasteiger partial charge >= 0.3 is 0 Å². The summed E-state index contributed by atoms with van der Waals surface area (Å²) in [6.07, 6.45) is 2.91. The quantitative estimate of drug-likeness (QED) is 0.565. The number of hydrogen-bond donors (Lipinski definition) is 0. The minimum absolute atomic E-state index is 0. The zero-order chi connectivity index (χ0) is 6.27. The molecule has 11 heavy (non-hydrogen) atoms. The molecule has 63 valence electrons. The van der Waals surface area contributed by atoms with E-state index in [9.17, 15) is 0 Å². The molecule has 1 aliphatic heterocycles. The minimum Gasteiger partial charge on any atom is -0.662 e. The molecule has 1 saturated carbocycles. The zero-order valence-electron chi connectivity index (χ0n) is 7.59. The number of rotatable bonds is 0. The van der Waals surface area contributed by atoms with Crippen LogP contribution in [-0.4, -0.2) is 13.1 Å². The van der Waals surface area contributed by atoms with Gasteiger partial charge in [0.2, 0.25) is 0 Å². The normalized spacial score (nSPS) is 40.6. The SMILES string of the molecule is CC1C[C@H]2C[N-]C[C@H]2C1.[CH3-].[Y]. The average Bonchev–Trinajstić information content (AvgIpc) is 2.22. The predicted molar refractivity (Wildman–Crippen MR) is 44.9 cm³/mol. The fourth-order valence-electron chi connectivity index (χ4n) is 2.37. The molecular weight excluding hydrogens is 211 g/mol. The van der Waals surface area contributed by atoms with E-state index in [0.29, 0.717) is 0 Å². The van der Waals surface area contributed by atoms with Gasteiger partial charge < -0.3 is 12.7 Å². The third-order valence-electron chi connectivity index (χ3n) is 2.80. The molecule has 0 spiro atoms. The second kappa shape index (κ2) is 4.94. The standard InChI is InChI=1S/C8H14N.CH3.Y/c1-6-2-7-4-9-5-8(7)3-6;;/h6-8H,2-5H2,1H3;1H3;/q2*-1;/t6?,7-,8+;;. The second-order valence-electron chi connectivity index (χ2n) is 3.69. The predicted octanol–water partition coefficient (Wildman–Crippen LogP) is 2.48. The number of fused-ring (bicyclic) bond motifs is 1. The van der Waals surface area contributed by atoms with Gasteiger partial charge in [0.05, 0.1) is 0 Å². The van der Waals surface area contributed by atoms with Crippen LogP contribution in [-0.2, 0) is 32.7 Å². The van der Waals surface area contributed by atoms with Gasteiger partial charge in [0.15, 0.2) is 0 Å². The Morgan fingerprint density at radius 2 is 1.55 bits per heavy atom. The van der Waals surface area contributed by atoms with Crippen LogP contribution in [0.15, 0.2) is 0 Å². The molecule has 2 fully saturated rings. The van der Waals surface area contributed by atoms with E-state index < -0.39 is 0 Å². The molecule has 1 aliphatic carbocycles. The van der Waals surface area contributed by atoms with E-state index in [0.717, 1.165) is 17.8 Å². The van der Waals surface area contributed by atoms with Crippen LogP contribution in [0.25, 0.3) is 5.32 Å². The Labute approximate surface area is 95.6 Å². The molecule has 2 rings (SSSR count). The monoisotopic (exact) mass is 228 g/mol. The maximum absolute atomic E-state index is 4.40. The topological polar surface area (TPSA) is 14.1 Å². The molecule has 1 nitrogen and oxygen atoms in total. The van der Waals surface area contributed by atoms with Crippen LogP contribution in [0.3, 0.4) is 0 Å². The molecule has 0 amide bonds. The molecule has 2 aliphatic rings. The first-order chi connectivity index (χ1) is 4.36. The van der Waals surface area contributed by atoms with E-state index >= 15 is 0 Å². The van der Waals surface area contributed by atoms with E-state index in [-0.39, 0.29) is 40.1 Å².